The average molecular weight is 1070 g/mol. The van der Waals surface area contributed by atoms with Gasteiger partial charge in [-0.05, 0) is 78.7 Å². The van der Waals surface area contributed by atoms with Crippen molar-refractivity contribution >= 4 is 29.7 Å². The Kier molecular flexibility index (Phi) is 36.0. The van der Waals surface area contributed by atoms with Crippen LogP contribution in [-0.2, 0) is 28.7 Å². The van der Waals surface area contributed by atoms with Crippen molar-refractivity contribution in [2.24, 2.45) is 44.3 Å². The molecule has 0 aromatic heterocycles. The predicted molar refractivity (Wildman–Crippen MR) is 312 cm³/mol. The van der Waals surface area contributed by atoms with Crippen LogP contribution >= 0.6 is 0 Å². The molecule has 4 N–H and O–H groups in total. The van der Waals surface area contributed by atoms with Gasteiger partial charge >= 0.3 is 6.09 Å². The fourth-order valence-corrected chi connectivity index (χ4v) is 7.10. The monoisotopic (exact) mass is 1070 g/mol. The normalized spacial score (nSPS) is 18.6. The van der Waals surface area contributed by atoms with E-state index in [1.165, 1.54) is 26.7 Å². The molecule has 3 atom stereocenters. The summed E-state index contributed by atoms with van der Waals surface area (Å²) in [6.07, 6.45) is 2.01. The maximum absolute atomic E-state index is 13.9. The van der Waals surface area contributed by atoms with Crippen LogP contribution in [0.3, 0.4) is 0 Å². The Bertz CT molecular complexity index is 1590. The lowest BCUT2D eigenvalue weighted by molar-refractivity contribution is -0.131. The Morgan fingerprint density at radius 1 is 0.667 bits per heavy atom. The highest BCUT2D eigenvalue weighted by molar-refractivity contribution is 5.85. The first-order chi connectivity index (χ1) is 33.7. The zero-order valence-corrected chi connectivity index (χ0v) is 53.5. The van der Waals surface area contributed by atoms with E-state index in [4.69, 9.17) is 4.74 Å². The van der Waals surface area contributed by atoms with Crippen LogP contribution < -0.4 is 21.3 Å². The van der Waals surface area contributed by atoms with Gasteiger partial charge in [-0.3, -0.25) is 24.1 Å². The third-order valence-electron chi connectivity index (χ3n) is 11.3. The summed E-state index contributed by atoms with van der Waals surface area (Å²) >= 11 is 0. The molecule has 2 heterocycles. The third kappa shape index (κ3) is 49.0. The number of carbonyl (C=O) groups excluding carboxylic acids is 5. The van der Waals surface area contributed by atoms with Crippen molar-refractivity contribution in [2.75, 3.05) is 113 Å². The van der Waals surface area contributed by atoms with E-state index in [0.29, 0.717) is 48.6 Å². The minimum Gasteiger partial charge on any atom is -0.453 e. The lowest BCUT2D eigenvalue weighted by Crippen LogP contribution is -2.51. The SMILES string of the molecule is CC(=O)N1CCN(CC(C)(C)C)CC1.CC(C)(C)CN1CC1.CC(C)(C)CNC(=O)C1CCCC1(C)F.CCC(=O)NCC(C)(C)C.CN(C)CCOCC(C)(C)C.COC(=O)N[C@H](C(=O)NCC(C)(C)C)C(C)C. The van der Waals surface area contributed by atoms with Crippen molar-refractivity contribution in [1.29, 1.82) is 0 Å². The Hall–Kier alpha value is -3.08. The minimum atomic E-state index is -1.30. The van der Waals surface area contributed by atoms with Crippen molar-refractivity contribution in [3.63, 3.8) is 0 Å². The van der Waals surface area contributed by atoms with Gasteiger partial charge in [0.1, 0.15) is 11.7 Å². The van der Waals surface area contributed by atoms with E-state index in [2.05, 4.69) is 159 Å². The van der Waals surface area contributed by atoms with Gasteiger partial charge in [0, 0.05) is 91.9 Å². The predicted octanol–water partition coefficient (Wildman–Crippen LogP) is 9.92. The number of methoxy groups -OCH3 is 1. The third-order valence-corrected chi connectivity index (χ3v) is 11.3. The molecule has 2 aliphatic heterocycles. The first-order valence-corrected chi connectivity index (χ1v) is 28.0. The van der Waals surface area contributed by atoms with E-state index in [-0.39, 0.29) is 45.8 Å². The molecule has 1 saturated carbocycles. The summed E-state index contributed by atoms with van der Waals surface area (Å²) in [7, 11) is 5.39. The Morgan fingerprint density at radius 3 is 1.41 bits per heavy atom. The first kappa shape index (κ1) is 76.2. The van der Waals surface area contributed by atoms with Crippen LogP contribution in [0, 0.1) is 44.3 Å². The summed E-state index contributed by atoms with van der Waals surface area (Å²) in [6, 6.07) is -0.565. The van der Waals surface area contributed by atoms with E-state index in [1.54, 1.807) is 13.8 Å². The second-order valence-electron chi connectivity index (χ2n) is 28.9. The van der Waals surface area contributed by atoms with Crippen LogP contribution in [0.1, 0.15) is 185 Å². The topological polar surface area (TPSA) is 165 Å². The molecule has 15 nitrogen and oxygen atoms in total. The number of ether oxygens (including phenoxy) is 2. The van der Waals surface area contributed by atoms with Gasteiger partial charge in [-0.1, -0.05) is 145 Å². The van der Waals surface area contributed by atoms with Crippen LogP contribution in [0.2, 0.25) is 0 Å². The van der Waals surface area contributed by atoms with Crippen LogP contribution in [0.5, 0.6) is 0 Å². The Balaban J connectivity index is -0.000000842. The zero-order chi connectivity index (χ0) is 59.4. The van der Waals surface area contributed by atoms with Gasteiger partial charge in [0.15, 0.2) is 0 Å². The number of nitrogens with one attached hydrogen (secondary N) is 4. The molecule has 0 aromatic carbocycles. The second kappa shape index (κ2) is 35.4. The number of hydrogen-bond donors (Lipinski definition) is 4. The Morgan fingerprint density at radius 2 is 1.09 bits per heavy atom. The van der Waals surface area contributed by atoms with Crippen molar-refractivity contribution in [2.45, 2.75) is 197 Å². The van der Waals surface area contributed by atoms with E-state index in [0.717, 1.165) is 65.4 Å². The second-order valence-corrected chi connectivity index (χ2v) is 28.9. The highest BCUT2D eigenvalue weighted by Crippen LogP contribution is 2.38. The van der Waals surface area contributed by atoms with Gasteiger partial charge in [-0.2, -0.15) is 0 Å². The number of hydrogen-bond acceptors (Lipinski definition) is 10. The average Bonchev–Trinajstić information content (AvgIpc) is 3.97. The van der Waals surface area contributed by atoms with Crippen molar-refractivity contribution < 1.29 is 37.8 Å². The van der Waals surface area contributed by atoms with E-state index in [9.17, 15) is 28.4 Å². The molecule has 2 saturated heterocycles. The summed E-state index contributed by atoms with van der Waals surface area (Å²) in [5, 5.41) is 11.0. The minimum absolute atomic E-state index is 0.00840. The molecule has 3 aliphatic rings. The molecular formula is C59H121FN8O7. The van der Waals surface area contributed by atoms with E-state index < -0.39 is 23.7 Å². The van der Waals surface area contributed by atoms with Gasteiger partial charge in [0.05, 0.1) is 26.2 Å². The van der Waals surface area contributed by atoms with Crippen molar-refractivity contribution in [3.05, 3.63) is 0 Å². The van der Waals surface area contributed by atoms with Crippen LogP contribution in [-0.4, -0.2) is 174 Å². The molecule has 446 valence electrons. The lowest BCUT2D eigenvalue weighted by Gasteiger charge is -2.37. The summed E-state index contributed by atoms with van der Waals surface area (Å²) in [6.45, 7) is 61.0. The number of piperazine rings is 1. The number of carbonyl (C=O) groups is 5. The first-order valence-electron chi connectivity index (χ1n) is 28.0. The molecule has 5 amide bonds. The summed E-state index contributed by atoms with van der Waals surface area (Å²) < 4.78 is 23.8. The van der Waals surface area contributed by atoms with Gasteiger partial charge < -0.3 is 45.4 Å². The molecule has 0 bridgehead atoms. The quantitative estimate of drug-likeness (QED) is 0.0973. The zero-order valence-electron chi connectivity index (χ0n) is 53.5. The van der Waals surface area contributed by atoms with Gasteiger partial charge in [0.25, 0.3) is 0 Å². The molecule has 3 fully saturated rings. The molecular weight excluding hydrogens is 952 g/mol. The number of nitrogens with zero attached hydrogens (tertiary/aromatic N) is 4. The molecule has 16 heteroatoms. The fraction of sp³-hybridized carbons (Fsp3) is 0.915. The molecule has 0 radical (unpaired) electrons. The standard InChI is InChI=1S/C12H22FNO.C12H24N2O3.C11H22N2O.C9H21NO.C8H17NO.C7H15N/c1-11(2,3)8-14-10(15)9-6-5-7-12(9,4)13;1-8(2)9(14-11(16)17-6)10(15)13-7-12(3,4)5;1-10(14)13-7-5-12(6-8-13)9-11(2,3)4;1-9(2,3)8-11-7-6-10(4)5;1-5-7(10)9-6-8(2,3)4;1-7(2,3)6-8-4-5-8/h9H,5-8H2,1-4H3,(H,14,15);8-9H,7H2,1-6H3,(H,13,15)(H,14,16);5-9H2,1-4H3;6-8H2,1-5H3;5-6H2,1-4H3,(H,9,10);4-6H2,1-3H3/t;9-;;;;/m.0..../s1. The van der Waals surface area contributed by atoms with Crippen LogP contribution in [0.25, 0.3) is 0 Å². The summed E-state index contributed by atoms with van der Waals surface area (Å²) in [4.78, 5) is 65.6. The largest absolute Gasteiger partial charge is 0.453 e. The van der Waals surface area contributed by atoms with Crippen molar-refractivity contribution in [1.82, 2.24) is 40.9 Å². The van der Waals surface area contributed by atoms with Gasteiger partial charge in [-0.25, -0.2) is 9.18 Å². The molecule has 0 spiro atoms. The maximum Gasteiger partial charge on any atom is 0.407 e. The van der Waals surface area contributed by atoms with Gasteiger partial charge in [0.2, 0.25) is 23.6 Å². The molecule has 3 rings (SSSR count). The number of likely N-dealkylation sites (N-methyl/N-ethyl adjacent to an activating group) is 1. The highest BCUT2D eigenvalue weighted by atomic mass is 19.1. The smallest absolute Gasteiger partial charge is 0.407 e. The number of amides is 5. The number of halogens is 1. The Labute approximate surface area is 460 Å². The summed E-state index contributed by atoms with van der Waals surface area (Å²) in [5.41, 5.74) is 0.136. The number of rotatable bonds is 14. The lowest BCUT2D eigenvalue weighted by atomic mass is 9.92. The molecule has 0 aromatic rings. The summed E-state index contributed by atoms with van der Waals surface area (Å²) in [5.74, 6) is -0.392. The van der Waals surface area contributed by atoms with Crippen LogP contribution in [0.15, 0.2) is 0 Å². The fourth-order valence-electron chi connectivity index (χ4n) is 7.10. The number of alkyl halides is 1. The van der Waals surface area contributed by atoms with Crippen LogP contribution in [0.4, 0.5) is 9.18 Å². The molecule has 75 heavy (non-hydrogen) atoms. The maximum atomic E-state index is 13.9. The molecule has 2 unspecified atom stereocenters. The van der Waals surface area contributed by atoms with E-state index >= 15 is 0 Å². The van der Waals surface area contributed by atoms with E-state index in [1.807, 2.05) is 46.4 Å². The van der Waals surface area contributed by atoms with Gasteiger partial charge in [-0.15, -0.1) is 0 Å². The number of alkyl carbamates (subject to hydrolysis) is 1. The molecule has 1 aliphatic carbocycles. The highest BCUT2D eigenvalue weighted by Gasteiger charge is 2.43. The van der Waals surface area contributed by atoms with Crippen molar-refractivity contribution in [3.8, 4) is 0 Å².